The quantitative estimate of drug-likeness (QED) is 0.636. The molecular formula is C17H25N3O4. The van der Waals surface area contributed by atoms with Gasteiger partial charge in [0.25, 0.3) is 0 Å². The SMILES string of the molecule is COC(=O)Nc1cccc(NC(=O)N[C@@H]2CCCCC[C@@H]2CO)c1. The highest BCUT2D eigenvalue weighted by molar-refractivity contribution is 5.91. The lowest BCUT2D eigenvalue weighted by Crippen LogP contribution is -2.43. The van der Waals surface area contributed by atoms with E-state index in [1.165, 1.54) is 7.11 Å². The van der Waals surface area contributed by atoms with Crippen LogP contribution in [0.4, 0.5) is 21.0 Å². The normalized spacial score (nSPS) is 20.6. The van der Waals surface area contributed by atoms with Gasteiger partial charge in [-0.25, -0.2) is 9.59 Å². The summed E-state index contributed by atoms with van der Waals surface area (Å²) in [5.74, 6) is 0.102. The number of aliphatic hydroxyl groups excluding tert-OH is 1. The maximum Gasteiger partial charge on any atom is 0.411 e. The highest BCUT2D eigenvalue weighted by Crippen LogP contribution is 2.23. The molecule has 0 radical (unpaired) electrons. The molecule has 0 spiro atoms. The summed E-state index contributed by atoms with van der Waals surface area (Å²) in [5, 5.41) is 17.8. The molecule has 7 nitrogen and oxygen atoms in total. The highest BCUT2D eigenvalue weighted by atomic mass is 16.5. The van der Waals surface area contributed by atoms with Crippen molar-refractivity contribution in [3.63, 3.8) is 0 Å². The molecule has 0 saturated heterocycles. The molecular weight excluding hydrogens is 310 g/mol. The van der Waals surface area contributed by atoms with Crippen molar-refractivity contribution in [1.29, 1.82) is 0 Å². The Balaban J connectivity index is 1.93. The Bertz CT molecular complexity index is 565. The smallest absolute Gasteiger partial charge is 0.411 e. The van der Waals surface area contributed by atoms with E-state index < -0.39 is 6.09 Å². The van der Waals surface area contributed by atoms with E-state index in [0.717, 1.165) is 32.1 Å². The van der Waals surface area contributed by atoms with E-state index in [1.54, 1.807) is 24.3 Å². The van der Waals surface area contributed by atoms with Gasteiger partial charge in [-0.3, -0.25) is 5.32 Å². The molecule has 1 saturated carbocycles. The zero-order valence-electron chi connectivity index (χ0n) is 13.9. The van der Waals surface area contributed by atoms with Gasteiger partial charge in [0, 0.05) is 29.9 Å². The maximum absolute atomic E-state index is 12.2. The molecule has 1 fully saturated rings. The monoisotopic (exact) mass is 335 g/mol. The molecule has 1 aliphatic carbocycles. The predicted molar refractivity (Wildman–Crippen MR) is 92.1 cm³/mol. The molecule has 1 aliphatic rings. The van der Waals surface area contributed by atoms with Crippen LogP contribution in [0.2, 0.25) is 0 Å². The Morgan fingerprint density at radius 2 is 1.88 bits per heavy atom. The van der Waals surface area contributed by atoms with E-state index in [4.69, 9.17) is 0 Å². The number of urea groups is 1. The summed E-state index contributed by atoms with van der Waals surface area (Å²) in [6.07, 6.45) is 4.52. The first kappa shape index (κ1) is 18.1. The number of carbonyl (C=O) groups excluding carboxylic acids is 2. The maximum atomic E-state index is 12.2. The van der Waals surface area contributed by atoms with Crippen molar-refractivity contribution in [3.05, 3.63) is 24.3 Å². The minimum absolute atomic E-state index is 0.0196. The summed E-state index contributed by atoms with van der Waals surface area (Å²) in [5.41, 5.74) is 1.10. The first-order valence-electron chi connectivity index (χ1n) is 8.25. The summed E-state index contributed by atoms with van der Waals surface area (Å²) < 4.78 is 4.54. The molecule has 0 aliphatic heterocycles. The Labute approximate surface area is 141 Å². The fraction of sp³-hybridized carbons (Fsp3) is 0.529. The summed E-state index contributed by atoms with van der Waals surface area (Å²) >= 11 is 0. The molecule has 0 bridgehead atoms. The molecule has 0 unspecified atom stereocenters. The second-order valence-corrected chi connectivity index (χ2v) is 5.98. The molecule has 2 rings (SSSR count). The molecule has 3 amide bonds. The van der Waals surface area contributed by atoms with E-state index in [0.29, 0.717) is 11.4 Å². The molecule has 0 aromatic heterocycles. The van der Waals surface area contributed by atoms with Gasteiger partial charge < -0.3 is 20.5 Å². The molecule has 1 aromatic rings. The van der Waals surface area contributed by atoms with Crippen LogP contribution in [0.25, 0.3) is 0 Å². The first-order valence-corrected chi connectivity index (χ1v) is 8.25. The fourth-order valence-electron chi connectivity index (χ4n) is 2.97. The van der Waals surface area contributed by atoms with E-state index in [2.05, 4.69) is 20.7 Å². The van der Waals surface area contributed by atoms with Gasteiger partial charge in [-0.05, 0) is 31.0 Å². The molecule has 1 aromatic carbocycles. The van der Waals surface area contributed by atoms with E-state index >= 15 is 0 Å². The zero-order valence-corrected chi connectivity index (χ0v) is 13.9. The Kier molecular flexibility index (Phi) is 6.87. The summed E-state index contributed by atoms with van der Waals surface area (Å²) in [4.78, 5) is 23.5. The Morgan fingerprint density at radius 1 is 1.17 bits per heavy atom. The molecule has 132 valence electrons. The standard InChI is InChI=1S/C17H25N3O4/c1-24-17(23)19-14-8-5-7-13(10-14)18-16(22)20-15-9-4-2-3-6-12(15)11-21/h5,7-8,10,12,15,21H,2-4,6,9,11H2,1H3,(H,19,23)(H2,18,20,22)/t12-,15-/m1/s1. The topological polar surface area (TPSA) is 99.7 Å². The van der Waals surface area contributed by atoms with Crippen molar-refractivity contribution in [2.45, 2.75) is 38.1 Å². The minimum atomic E-state index is -0.569. The average molecular weight is 335 g/mol. The minimum Gasteiger partial charge on any atom is -0.453 e. The number of benzene rings is 1. The van der Waals surface area contributed by atoms with Gasteiger partial charge in [-0.1, -0.05) is 25.3 Å². The van der Waals surface area contributed by atoms with Gasteiger partial charge in [-0.2, -0.15) is 0 Å². The van der Waals surface area contributed by atoms with Gasteiger partial charge in [-0.15, -0.1) is 0 Å². The third-order valence-electron chi connectivity index (χ3n) is 4.26. The molecule has 24 heavy (non-hydrogen) atoms. The third-order valence-corrected chi connectivity index (χ3v) is 4.26. The van der Waals surface area contributed by atoms with E-state index in [-0.39, 0.29) is 24.6 Å². The first-order chi connectivity index (χ1) is 11.6. The van der Waals surface area contributed by atoms with Crippen LogP contribution < -0.4 is 16.0 Å². The largest absolute Gasteiger partial charge is 0.453 e. The predicted octanol–water partition coefficient (Wildman–Crippen LogP) is 2.93. The molecule has 0 heterocycles. The number of carbonyl (C=O) groups is 2. The zero-order chi connectivity index (χ0) is 17.4. The van der Waals surface area contributed by atoms with Crippen molar-refractivity contribution in [1.82, 2.24) is 5.32 Å². The second kappa shape index (κ2) is 9.12. The second-order valence-electron chi connectivity index (χ2n) is 5.98. The number of anilines is 2. The summed E-state index contributed by atoms with van der Waals surface area (Å²) in [6, 6.07) is 6.48. The van der Waals surface area contributed by atoms with Crippen LogP contribution in [0.15, 0.2) is 24.3 Å². The van der Waals surface area contributed by atoms with Gasteiger partial charge in [0.1, 0.15) is 0 Å². The average Bonchev–Trinajstić information content (AvgIpc) is 2.79. The molecule has 4 N–H and O–H groups in total. The Morgan fingerprint density at radius 3 is 2.58 bits per heavy atom. The Hall–Kier alpha value is -2.28. The van der Waals surface area contributed by atoms with Crippen molar-refractivity contribution < 1.29 is 19.4 Å². The van der Waals surface area contributed by atoms with Crippen LogP contribution in [0.5, 0.6) is 0 Å². The summed E-state index contributed by atoms with van der Waals surface area (Å²) in [7, 11) is 1.29. The van der Waals surface area contributed by atoms with Gasteiger partial charge in [0.15, 0.2) is 0 Å². The number of aliphatic hydroxyl groups is 1. The van der Waals surface area contributed by atoms with Crippen LogP contribution >= 0.6 is 0 Å². The lowest BCUT2D eigenvalue weighted by atomic mass is 9.96. The van der Waals surface area contributed by atoms with Crippen molar-refractivity contribution in [3.8, 4) is 0 Å². The van der Waals surface area contributed by atoms with Crippen LogP contribution in [0, 0.1) is 5.92 Å². The molecule has 2 atom stereocenters. The number of hydrogen-bond acceptors (Lipinski definition) is 4. The van der Waals surface area contributed by atoms with Crippen LogP contribution in [-0.2, 0) is 4.74 Å². The number of methoxy groups -OCH3 is 1. The fourth-order valence-corrected chi connectivity index (χ4v) is 2.97. The number of amides is 3. The van der Waals surface area contributed by atoms with E-state index in [1.807, 2.05) is 0 Å². The van der Waals surface area contributed by atoms with Gasteiger partial charge >= 0.3 is 12.1 Å². The summed E-state index contributed by atoms with van der Waals surface area (Å²) in [6.45, 7) is 0.0868. The number of nitrogens with one attached hydrogen (secondary N) is 3. The van der Waals surface area contributed by atoms with Crippen molar-refractivity contribution >= 4 is 23.5 Å². The lowest BCUT2D eigenvalue weighted by Gasteiger charge is -2.24. The lowest BCUT2D eigenvalue weighted by molar-refractivity contribution is 0.182. The van der Waals surface area contributed by atoms with Crippen LogP contribution in [-0.4, -0.2) is 37.0 Å². The van der Waals surface area contributed by atoms with E-state index in [9.17, 15) is 14.7 Å². The van der Waals surface area contributed by atoms with Crippen molar-refractivity contribution in [2.75, 3.05) is 24.4 Å². The van der Waals surface area contributed by atoms with Gasteiger partial charge in [0.05, 0.1) is 7.11 Å². The van der Waals surface area contributed by atoms with Crippen LogP contribution in [0.3, 0.4) is 0 Å². The van der Waals surface area contributed by atoms with Crippen LogP contribution in [0.1, 0.15) is 32.1 Å². The molecule has 7 heteroatoms. The number of ether oxygens (including phenoxy) is 1. The third kappa shape index (κ3) is 5.42. The van der Waals surface area contributed by atoms with Gasteiger partial charge in [0.2, 0.25) is 0 Å². The highest BCUT2D eigenvalue weighted by Gasteiger charge is 2.24. The number of rotatable bonds is 4. The van der Waals surface area contributed by atoms with Crippen molar-refractivity contribution in [2.24, 2.45) is 5.92 Å². The number of hydrogen-bond donors (Lipinski definition) is 4.